The van der Waals surface area contributed by atoms with Crippen molar-refractivity contribution in [3.63, 3.8) is 0 Å². The smallest absolute Gasteiger partial charge is 0.264 e. The van der Waals surface area contributed by atoms with E-state index in [1.165, 1.54) is 42.5 Å². The molecule has 3 aromatic carbocycles. The van der Waals surface area contributed by atoms with Crippen molar-refractivity contribution < 1.29 is 30.0 Å². The van der Waals surface area contributed by atoms with E-state index in [-0.39, 0.29) is 16.3 Å². The zero-order valence-corrected chi connectivity index (χ0v) is 17.1. The number of halogens is 4. The van der Waals surface area contributed by atoms with E-state index in [0.717, 1.165) is 6.07 Å². The van der Waals surface area contributed by atoms with Crippen LogP contribution in [0.3, 0.4) is 0 Å². The Kier molecular flexibility index (Phi) is 5.97. The average molecular weight is 477 g/mol. The van der Waals surface area contributed by atoms with Crippen LogP contribution in [0.2, 0.25) is 5.02 Å². The SMILES string of the molecule is O=S(=O)(Nc1ccc(Cl)cc1)c1cccc(NS(=O)(=O)c2ccc(F)c(F)c2F)c1. The number of hydrogen-bond acceptors (Lipinski definition) is 4. The van der Waals surface area contributed by atoms with E-state index in [9.17, 15) is 30.0 Å². The van der Waals surface area contributed by atoms with Gasteiger partial charge in [0.1, 0.15) is 4.90 Å². The zero-order valence-electron chi connectivity index (χ0n) is 14.7. The molecule has 0 aromatic heterocycles. The maximum atomic E-state index is 13.9. The van der Waals surface area contributed by atoms with E-state index >= 15 is 0 Å². The standard InChI is InChI=1S/C18H12ClF3N2O4S2/c19-11-4-6-12(7-5-11)23-29(25,26)14-3-1-2-13(10-14)24-30(27,28)16-9-8-15(20)17(21)18(16)22/h1-10,23-24H. The number of rotatable bonds is 6. The van der Waals surface area contributed by atoms with E-state index in [1.54, 1.807) is 0 Å². The summed E-state index contributed by atoms with van der Waals surface area (Å²) in [5.74, 6) is -5.38. The number of hydrogen-bond donors (Lipinski definition) is 2. The molecular weight excluding hydrogens is 465 g/mol. The lowest BCUT2D eigenvalue weighted by molar-refractivity contribution is 0.432. The summed E-state index contributed by atoms with van der Waals surface area (Å²) in [7, 11) is -8.77. The average Bonchev–Trinajstić information content (AvgIpc) is 2.67. The molecule has 6 nitrogen and oxygen atoms in total. The minimum absolute atomic E-state index is 0.217. The highest BCUT2D eigenvalue weighted by molar-refractivity contribution is 7.93. The minimum atomic E-state index is -4.67. The van der Waals surface area contributed by atoms with Gasteiger partial charge in [0.05, 0.1) is 10.6 Å². The Morgan fingerprint density at radius 2 is 1.33 bits per heavy atom. The fraction of sp³-hybridized carbons (Fsp3) is 0. The summed E-state index contributed by atoms with van der Waals surface area (Å²) in [4.78, 5) is -1.43. The quantitative estimate of drug-likeness (QED) is 0.517. The van der Waals surface area contributed by atoms with Crippen LogP contribution in [0, 0.1) is 17.5 Å². The molecule has 0 heterocycles. The third-order valence-corrected chi connectivity index (χ3v) is 6.81. The summed E-state index contributed by atoms with van der Waals surface area (Å²) in [6, 6.07) is 11.5. The maximum absolute atomic E-state index is 13.9. The van der Waals surface area contributed by atoms with Gasteiger partial charge in [-0.3, -0.25) is 9.44 Å². The Morgan fingerprint density at radius 3 is 2.00 bits per heavy atom. The van der Waals surface area contributed by atoms with E-state index < -0.39 is 42.4 Å². The monoisotopic (exact) mass is 476 g/mol. The summed E-state index contributed by atoms with van der Waals surface area (Å²) in [6.07, 6.45) is 0. The van der Waals surface area contributed by atoms with E-state index in [1.807, 2.05) is 4.72 Å². The molecular formula is C18H12ClF3N2O4S2. The van der Waals surface area contributed by atoms with Crippen molar-refractivity contribution in [1.82, 2.24) is 0 Å². The molecule has 3 rings (SSSR count). The Hall–Kier alpha value is -2.76. The van der Waals surface area contributed by atoms with Crippen molar-refractivity contribution in [1.29, 1.82) is 0 Å². The molecule has 0 bridgehead atoms. The first-order chi connectivity index (χ1) is 14.0. The molecule has 30 heavy (non-hydrogen) atoms. The predicted octanol–water partition coefficient (Wildman–Crippen LogP) is 4.36. The normalized spacial score (nSPS) is 11.9. The molecule has 158 valence electrons. The van der Waals surface area contributed by atoms with Gasteiger partial charge in [0.25, 0.3) is 20.0 Å². The van der Waals surface area contributed by atoms with Crippen LogP contribution < -0.4 is 9.44 Å². The van der Waals surface area contributed by atoms with Crippen LogP contribution >= 0.6 is 11.6 Å². The van der Waals surface area contributed by atoms with Crippen LogP contribution in [0.1, 0.15) is 0 Å². The van der Waals surface area contributed by atoms with Crippen molar-refractivity contribution in [2.24, 2.45) is 0 Å². The lowest BCUT2D eigenvalue weighted by atomic mass is 10.3. The second kappa shape index (κ2) is 8.17. The van der Waals surface area contributed by atoms with Crippen LogP contribution in [0.5, 0.6) is 0 Å². The molecule has 0 aliphatic heterocycles. The largest absolute Gasteiger partial charge is 0.280 e. The summed E-state index contributed by atoms with van der Waals surface area (Å²) in [5.41, 5.74) is -0.0210. The number of benzene rings is 3. The fourth-order valence-electron chi connectivity index (χ4n) is 2.38. The molecule has 0 atom stereocenters. The van der Waals surface area contributed by atoms with Gasteiger partial charge >= 0.3 is 0 Å². The Morgan fingerprint density at radius 1 is 0.700 bits per heavy atom. The summed E-state index contributed by atoms with van der Waals surface area (Å²) < 4.78 is 94.3. The lowest BCUT2D eigenvalue weighted by Crippen LogP contribution is -2.17. The second-order valence-electron chi connectivity index (χ2n) is 5.92. The third kappa shape index (κ3) is 4.69. The Bertz CT molecular complexity index is 1320. The Labute approximate surface area is 175 Å². The van der Waals surface area contributed by atoms with Crippen molar-refractivity contribution >= 4 is 43.0 Å². The molecule has 0 saturated heterocycles. The van der Waals surface area contributed by atoms with Gasteiger partial charge in [-0.25, -0.2) is 30.0 Å². The van der Waals surface area contributed by atoms with Crippen molar-refractivity contribution in [3.05, 3.63) is 83.1 Å². The molecule has 0 amide bonds. The van der Waals surface area contributed by atoms with Crippen LogP contribution in [-0.2, 0) is 20.0 Å². The molecule has 0 aliphatic carbocycles. The molecule has 12 heteroatoms. The highest BCUT2D eigenvalue weighted by atomic mass is 35.5. The van der Waals surface area contributed by atoms with Gasteiger partial charge in [-0.1, -0.05) is 17.7 Å². The molecule has 0 aliphatic rings. The Balaban J connectivity index is 1.90. The van der Waals surface area contributed by atoms with Gasteiger partial charge in [-0.2, -0.15) is 0 Å². The maximum Gasteiger partial charge on any atom is 0.264 e. The first kappa shape index (κ1) is 21.9. The second-order valence-corrected chi connectivity index (χ2v) is 9.69. The zero-order chi connectivity index (χ0) is 22.1. The summed E-state index contributed by atoms with van der Waals surface area (Å²) in [6.45, 7) is 0. The molecule has 2 N–H and O–H groups in total. The molecule has 0 unspecified atom stereocenters. The highest BCUT2D eigenvalue weighted by Crippen LogP contribution is 2.25. The van der Waals surface area contributed by atoms with Gasteiger partial charge in [0.2, 0.25) is 0 Å². The molecule has 0 fully saturated rings. The number of sulfonamides is 2. The lowest BCUT2D eigenvalue weighted by Gasteiger charge is -2.12. The van der Waals surface area contributed by atoms with Gasteiger partial charge in [0, 0.05) is 10.7 Å². The first-order valence-electron chi connectivity index (χ1n) is 8.04. The molecule has 0 radical (unpaired) electrons. The predicted molar refractivity (Wildman–Crippen MR) is 106 cm³/mol. The minimum Gasteiger partial charge on any atom is -0.280 e. The van der Waals surface area contributed by atoms with Gasteiger partial charge < -0.3 is 0 Å². The van der Waals surface area contributed by atoms with E-state index in [2.05, 4.69) is 4.72 Å². The van der Waals surface area contributed by atoms with Gasteiger partial charge in [-0.15, -0.1) is 0 Å². The topological polar surface area (TPSA) is 92.3 Å². The third-order valence-electron chi connectivity index (χ3n) is 3.78. The van der Waals surface area contributed by atoms with Crippen molar-refractivity contribution in [2.75, 3.05) is 9.44 Å². The van der Waals surface area contributed by atoms with E-state index in [4.69, 9.17) is 11.6 Å². The number of nitrogens with one attached hydrogen (secondary N) is 2. The van der Waals surface area contributed by atoms with Crippen LogP contribution in [0.15, 0.2) is 70.5 Å². The highest BCUT2D eigenvalue weighted by Gasteiger charge is 2.25. The van der Waals surface area contributed by atoms with Crippen molar-refractivity contribution in [3.8, 4) is 0 Å². The summed E-state index contributed by atoms with van der Waals surface area (Å²) in [5, 5.41) is 0.402. The molecule has 0 spiro atoms. The number of anilines is 2. The van der Waals surface area contributed by atoms with Crippen molar-refractivity contribution in [2.45, 2.75) is 9.79 Å². The summed E-state index contributed by atoms with van der Waals surface area (Å²) >= 11 is 5.75. The van der Waals surface area contributed by atoms with Crippen LogP contribution in [0.25, 0.3) is 0 Å². The first-order valence-corrected chi connectivity index (χ1v) is 11.4. The van der Waals surface area contributed by atoms with Gasteiger partial charge in [-0.05, 0) is 54.6 Å². The van der Waals surface area contributed by atoms with E-state index in [0.29, 0.717) is 17.2 Å². The van der Waals surface area contributed by atoms with Crippen LogP contribution in [-0.4, -0.2) is 16.8 Å². The van der Waals surface area contributed by atoms with Crippen LogP contribution in [0.4, 0.5) is 24.5 Å². The fourth-order valence-corrected chi connectivity index (χ4v) is 4.73. The molecule has 0 saturated carbocycles. The van der Waals surface area contributed by atoms with Gasteiger partial charge in [0.15, 0.2) is 17.5 Å². The molecule has 3 aromatic rings.